The summed E-state index contributed by atoms with van der Waals surface area (Å²) in [7, 11) is 0. The van der Waals surface area contributed by atoms with Gasteiger partial charge in [-0.2, -0.15) is 0 Å². The molecule has 0 N–H and O–H groups in total. The molecule has 2 unspecified atom stereocenters. The maximum Gasteiger partial charge on any atom is 0.311 e. The fourth-order valence-corrected chi connectivity index (χ4v) is 2.89. The highest BCUT2D eigenvalue weighted by Gasteiger charge is 2.50. The van der Waals surface area contributed by atoms with E-state index in [-0.39, 0.29) is 6.61 Å². The number of nitrogens with zero attached hydrogens (tertiary/aromatic N) is 3. The normalized spacial score (nSPS) is 25.6. The second-order valence-corrected chi connectivity index (χ2v) is 9.95. The number of hydrogen-bond donors (Lipinski definition) is 0. The Morgan fingerprint density at radius 3 is 2.24 bits per heavy atom. The quantitative estimate of drug-likeness (QED) is 0.253. The number of esters is 2. The van der Waals surface area contributed by atoms with Crippen molar-refractivity contribution in [3.8, 4) is 0 Å². The van der Waals surface area contributed by atoms with Crippen LogP contribution in [0.5, 0.6) is 0 Å². The van der Waals surface area contributed by atoms with Crippen LogP contribution in [0.3, 0.4) is 0 Å². The van der Waals surface area contributed by atoms with Crippen molar-refractivity contribution in [2.24, 2.45) is 15.9 Å². The van der Waals surface area contributed by atoms with E-state index in [9.17, 15) is 9.59 Å². The number of carbonyl (C=O) groups excluding carboxylic acids is 2. The Hall–Kier alpha value is -2.68. The number of ether oxygens (including phenoxy) is 4. The Morgan fingerprint density at radius 1 is 1.09 bits per heavy atom. The molecule has 0 saturated carbocycles. The standard InChI is InChI=1S/C23H32FN3O6/c1-22(2,3)20(28)31-13-15-16(24)18(33-21(29)23(4,5)6)17(26-27-25)19(32-15)30-12-14-10-8-7-9-11-14/h7-11,15-19H,12-13H2,1-6H3/t15?,16-,17?,18-,19+/m0/s1. The third-order valence-corrected chi connectivity index (χ3v) is 4.88. The van der Waals surface area contributed by atoms with E-state index in [0.717, 1.165) is 5.56 Å². The Labute approximate surface area is 193 Å². The van der Waals surface area contributed by atoms with Gasteiger partial charge >= 0.3 is 11.9 Å². The molecule has 0 bridgehead atoms. The smallest absolute Gasteiger partial charge is 0.311 e. The number of alkyl halides is 1. The highest BCUT2D eigenvalue weighted by molar-refractivity contribution is 5.76. The average molecular weight is 466 g/mol. The second-order valence-electron chi connectivity index (χ2n) is 9.95. The third-order valence-electron chi connectivity index (χ3n) is 4.88. The molecule has 2 rings (SSSR count). The molecule has 1 aliphatic heterocycles. The van der Waals surface area contributed by atoms with Gasteiger partial charge in [0.05, 0.1) is 17.4 Å². The minimum Gasteiger partial charge on any atom is -0.462 e. The van der Waals surface area contributed by atoms with Crippen molar-refractivity contribution in [2.45, 2.75) is 78.9 Å². The first-order valence-corrected chi connectivity index (χ1v) is 10.7. The lowest BCUT2D eigenvalue weighted by Gasteiger charge is -2.41. The van der Waals surface area contributed by atoms with Crippen LogP contribution in [-0.2, 0) is 35.1 Å². The second kappa shape index (κ2) is 11.0. The van der Waals surface area contributed by atoms with Gasteiger partial charge < -0.3 is 18.9 Å². The van der Waals surface area contributed by atoms with Gasteiger partial charge in [-0.3, -0.25) is 9.59 Å². The highest BCUT2D eigenvalue weighted by atomic mass is 19.1. The van der Waals surface area contributed by atoms with Gasteiger partial charge in [0, 0.05) is 4.91 Å². The number of azide groups is 1. The molecule has 0 aliphatic carbocycles. The zero-order chi connectivity index (χ0) is 24.8. The predicted octanol–water partition coefficient (Wildman–Crippen LogP) is 4.49. The van der Waals surface area contributed by atoms with E-state index in [1.807, 2.05) is 30.3 Å². The predicted molar refractivity (Wildman–Crippen MR) is 117 cm³/mol. The van der Waals surface area contributed by atoms with E-state index in [0.29, 0.717) is 0 Å². The maximum atomic E-state index is 15.5. The monoisotopic (exact) mass is 465 g/mol. The zero-order valence-electron chi connectivity index (χ0n) is 19.9. The fraction of sp³-hybridized carbons (Fsp3) is 0.652. The molecule has 9 nitrogen and oxygen atoms in total. The van der Waals surface area contributed by atoms with Gasteiger partial charge in [-0.1, -0.05) is 35.4 Å². The van der Waals surface area contributed by atoms with Gasteiger partial charge in [0.2, 0.25) is 0 Å². The molecule has 182 valence electrons. The Bertz CT molecular complexity index is 861. The summed E-state index contributed by atoms with van der Waals surface area (Å²) in [5.74, 6) is -1.22. The van der Waals surface area contributed by atoms with Crippen LogP contribution in [0.4, 0.5) is 4.39 Å². The molecule has 1 fully saturated rings. The Morgan fingerprint density at radius 2 is 1.70 bits per heavy atom. The lowest BCUT2D eigenvalue weighted by atomic mass is 9.95. The molecule has 0 radical (unpaired) electrons. The van der Waals surface area contributed by atoms with Crippen LogP contribution in [0.25, 0.3) is 10.4 Å². The van der Waals surface area contributed by atoms with Gasteiger partial charge in [-0.25, -0.2) is 4.39 Å². The molecular weight excluding hydrogens is 433 g/mol. The number of hydrogen-bond acceptors (Lipinski definition) is 7. The fourth-order valence-electron chi connectivity index (χ4n) is 2.89. The van der Waals surface area contributed by atoms with Gasteiger partial charge in [0.15, 0.2) is 12.5 Å². The molecule has 33 heavy (non-hydrogen) atoms. The molecule has 0 aromatic heterocycles. The van der Waals surface area contributed by atoms with E-state index >= 15 is 4.39 Å². The van der Waals surface area contributed by atoms with Crippen LogP contribution in [0.15, 0.2) is 35.4 Å². The van der Waals surface area contributed by atoms with Gasteiger partial charge in [-0.15, -0.1) is 0 Å². The number of rotatable bonds is 7. The molecular formula is C23H32FN3O6. The highest BCUT2D eigenvalue weighted by Crippen LogP contribution is 2.32. The Balaban J connectivity index is 2.29. The first kappa shape index (κ1) is 26.6. The summed E-state index contributed by atoms with van der Waals surface area (Å²) in [6, 6.07) is 7.86. The topological polar surface area (TPSA) is 120 Å². The summed E-state index contributed by atoms with van der Waals surface area (Å²) < 4.78 is 37.7. The lowest BCUT2D eigenvalue weighted by molar-refractivity contribution is -0.264. The van der Waals surface area contributed by atoms with Gasteiger partial charge in [0.25, 0.3) is 0 Å². The minimum atomic E-state index is -1.92. The van der Waals surface area contributed by atoms with Crippen molar-refractivity contribution in [1.29, 1.82) is 0 Å². The largest absolute Gasteiger partial charge is 0.462 e. The van der Waals surface area contributed by atoms with E-state index in [1.54, 1.807) is 41.5 Å². The zero-order valence-corrected chi connectivity index (χ0v) is 19.9. The SMILES string of the molecule is CC(C)(C)C(=O)OCC1O[C@@H](OCc2ccccc2)C(N=[N+]=[N-])[C@@H](OC(=O)C(C)(C)C)[C@H]1F. The minimum absolute atomic E-state index is 0.0777. The molecule has 1 aliphatic rings. The number of halogens is 1. The van der Waals surface area contributed by atoms with E-state index in [4.69, 9.17) is 24.5 Å². The average Bonchev–Trinajstić information content (AvgIpc) is 2.73. The van der Waals surface area contributed by atoms with Crippen LogP contribution >= 0.6 is 0 Å². The maximum absolute atomic E-state index is 15.5. The van der Waals surface area contributed by atoms with E-state index in [2.05, 4.69) is 10.0 Å². The van der Waals surface area contributed by atoms with Gasteiger partial charge in [-0.05, 0) is 52.6 Å². The molecule has 0 spiro atoms. The van der Waals surface area contributed by atoms with E-state index in [1.165, 1.54) is 0 Å². The van der Waals surface area contributed by atoms with E-state index < -0.39 is 60.1 Å². The first-order valence-electron chi connectivity index (χ1n) is 10.7. The first-order chi connectivity index (χ1) is 15.3. The van der Waals surface area contributed by atoms with Crippen molar-refractivity contribution < 1.29 is 32.9 Å². The molecule has 5 atom stereocenters. The summed E-state index contributed by atoms with van der Waals surface area (Å²) in [6.45, 7) is 9.52. The molecule has 10 heteroatoms. The van der Waals surface area contributed by atoms with Crippen LogP contribution in [0.1, 0.15) is 47.1 Å². The summed E-state index contributed by atoms with van der Waals surface area (Å²) >= 11 is 0. The Kier molecular flexibility index (Phi) is 8.82. The van der Waals surface area contributed by atoms with Crippen molar-refractivity contribution in [2.75, 3.05) is 6.61 Å². The summed E-state index contributed by atoms with van der Waals surface area (Å²) in [5, 5.41) is 3.62. The molecule has 1 heterocycles. The van der Waals surface area contributed by atoms with Crippen molar-refractivity contribution >= 4 is 11.9 Å². The van der Waals surface area contributed by atoms with Crippen LogP contribution < -0.4 is 0 Å². The van der Waals surface area contributed by atoms with Crippen LogP contribution in [0.2, 0.25) is 0 Å². The van der Waals surface area contributed by atoms with Crippen molar-refractivity contribution in [3.05, 3.63) is 46.3 Å². The third kappa shape index (κ3) is 7.42. The number of carbonyl (C=O) groups is 2. The summed E-state index contributed by atoms with van der Waals surface area (Å²) in [6.07, 6.45) is -5.93. The molecule has 0 amide bonds. The molecule has 1 aromatic carbocycles. The van der Waals surface area contributed by atoms with Crippen molar-refractivity contribution in [3.63, 3.8) is 0 Å². The number of benzene rings is 1. The van der Waals surface area contributed by atoms with Crippen molar-refractivity contribution in [1.82, 2.24) is 0 Å². The molecule has 1 aromatic rings. The van der Waals surface area contributed by atoms with Crippen LogP contribution in [-0.4, -0.2) is 49.3 Å². The van der Waals surface area contributed by atoms with Crippen LogP contribution in [0, 0.1) is 10.8 Å². The summed E-state index contributed by atoms with van der Waals surface area (Å²) in [4.78, 5) is 27.5. The van der Waals surface area contributed by atoms with Gasteiger partial charge in [0.1, 0.15) is 24.9 Å². The molecule has 1 saturated heterocycles. The lowest BCUT2D eigenvalue weighted by Crippen LogP contribution is -2.59. The summed E-state index contributed by atoms with van der Waals surface area (Å²) in [5.41, 5.74) is 8.15.